The minimum Gasteiger partial charge on any atom is -0.497 e. The number of amides is 1. The van der Waals surface area contributed by atoms with Gasteiger partial charge in [0.05, 0.1) is 33.1 Å². The lowest BCUT2D eigenvalue weighted by atomic mass is 10.0. The molecule has 3 heterocycles. The molecule has 1 fully saturated rings. The van der Waals surface area contributed by atoms with E-state index in [1.54, 1.807) is 32.4 Å². The molecule has 0 spiro atoms. The van der Waals surface area contributed by atoms with Gasteiger partial charge in [-0.3, -0.25) is 4.79 Å². The molecule has 0 unspecified atom stereocenters. The number of fused-ring (bicyclic) bond motifs is 1. The molecule has 29 heavy (non-hydrogen) atoms. The Morgan fingerprint density at radius 3 is 2.59 bits per heavy atom. The zero-order valence-corrected chi connectivity index (χ0v) is 16.8. The lowest BCUT2D eigenvalue weighted by Crippen LogP contribution is -2.45. The fourth-order valence-electron chi connectivity index (χ4n) is 3.70. The van der Waals surface area contributed by atoms with Gasteiger partial charge in [0.2, 0.25) is 5.95 Å². The van der Waals surface area contributed by atoms with Crippen molar-refractivity contribution in [3.8, 4) is 11.5 Å². The van der Waals surface area contributed by atoms with Crippen molar-refractivity contribution in [1.82, 2.24) is 15.3 Å². The molecule has 4 rings (SSSR count). The number of hydrogen-bond donors (Lipinski definition) is 1. The monoisotopic (exact) mass is 398 g/mol. The van der Waals surface area contributed by atoms with Crippen LogP contribution in [-0.4, -0.2) is 55.8 Å². The third kappa shape index (κ3) is 4.42. The van der Waals surface area contributed by atoms with Gasteiger partial charge in [0.1, 0.15) is 11.5 Å². The first kappa shape index (κ1) is 19.4. The molecule has 0 aliphatic carbocycles. The molecule has 0 atom stereocenters. The number of hydrogen-bond acceptors (Lipinski definition) is 7. The second-order valence-electron chi connectivity index (χ2n) is 7.28. The number of nitrogens with zero attached hydrogens (tertiary/aromatic N) is 3. The van der Waals surface area contributed by atoms with Gasteiger partial charge in [-0.25, -0.2) is 9.97 Å². The Kier molecular flexibility index (Phi) is 5.80. The van der Waals surface area contributed by atoms with Crippen LogP contribution in [0, 0.1) is 0 Å². The third-order valence-corrected chi connectivity index (χ3v) is 5.41. The molecule has 2 aliphatic rings. The van der Waals surface area contributed by atoms with E-state index < -0.39 is 0 Å². The SMILES string of the molecule is COc1cc(OC)cc(C(=O)NC2CCN(c3ncc4c(n3)CCOC4)CC2)c1. The highest BCUT2D eigenvalue weighted by molar-refractivity contribution is 5.95. The Morgan fingerprint density at radius 2 is 1.90 bits per heavy atom. The molecule has 1 amide bonds. The van der Waals surface area contributed by atoms with Crippen molar-refractivity contribution < 1.29 is 19.0 Å². The smallest absolute Gasteiger partial charge is 0.251 e. The van der Waals surface area contributed by atoms with E-state index in [0.717, 1.165) is 49.6 Å². The maximum Gasteiger partial charge on any atom is 0.251 e. The number of benzene rings is 1. The molecule has 1 N–H and O–H groups in total. The van der Waals surface area contributed by atoms with Crippen molar-refractivity contribution in [1.29, 1.82) is 0 Å². The minimum atomic E-state index is -0.120. The Morgan fingerprint density at radius 1 is 1.17 bits per heavy atom. The van der Waals surface area contributed by atoms with Crippen LogP contribution in [-0.2, 0) is 17.8 Å². The lowest BCUT2D eigenvalue weighted by Gasteiger charge is -2.33. The van der Waals surface area contributed by atoms with Crippen LogP contribution in [0.2, 0.25) is 0 Å². The quantitative estimate of drug-likeness (QED) is 0.824. The maximum atomic E-state index is 12.7. The van der Waals surface area contributed by atoms with Crippen LogP contribution in [0.15, 0.2) is 24.4 Å². The van der Waals surface area contributed by atoms with Gasteiger partial charge < -0.3 is 24.4 Å². The van der Waals surface area contributed by atoms with Gasteiger partial charge in [-0.15, -0.1) is 0 Å². The summed E-state index contributed by atoms with van der Waals surface area (Å²) in [4.78, 5) is 24.1. The summed E-state index contributed by atoms with van der Waals surface area (Å²) in [7, 11) is 3.14. The van der Waals surface area contributed by atoms with Crippen LogP contribution >= 0.6 is 0 Å². The number of anilines is 1. The van der Waals surface area contributed by atoms with Crippen LogP contribution in [0.5, 0.6) is 11.5 Å². The van der Waals surface area contributed by atoms with Gasteiger partial charge in [-0.2, -0.15) is 0 Å². The zero-order chi connectivity index (χ0) is 20.2. The summed E-state index contributed by atoms with van der Waals surface area (Å²) >= 11 is 0. The molecule has 154 valence electrons. The van der Waals surface area contributed by atoms with Gasteiger partial charge in [0.15, 0.2) is 0 Å². The van der Waals surface area contributed by atoms with Crippen molar-refractivity contribution in [2.45, 2.75) is 31.9 Å². The molecule has 1 aromatic carbocycles. The molecular formula is C21H26N4O4. The first-order valence-electron chi connectivity index (χ1n) is 9.87. The normalized spacial score (nSPS) is 16.8. The molecule has 0 radical (unpaired) electrons. The highest BCUT2D eigenvalue weighted by Crippen LogP contribution is 2.24. The summed E-state index contributed by atoms with van der Waals surface area (Å²) in [5, 5.41) is 3.13. The van der Waals surface area contributed by atoms with Crippen LogP contribution in [0.25, 0.3) is 0 Å². The van der Waals surface area contributed by atoms with Crippen LogP contribution in [0.3, 0.4) is 0 Å². The highest BCUT2D eigenvalue weighted by atomic mass is 16.5. The number of methoxy groups -OCH3 is 2. The number of ether oxygens (including phenoxy) is 3. The number of nitrogens with one attached hydrogen (secondary N) is 1. The van der Waals surface area contributed by atoms with Crippen LogP contribution in [0.4, 0.5) is 5.95 Å². The van der Waals surface area contributed by atoms with E-state index in [1.807, 2.05) is 6.20 Å². The molecule has 1 saturated heterocycles. The van der Waals surface area contributed by atoms with E-state index >= 15 is 0 Å². The summed E-state index contributed by atoms with van der Waals surface area (Å²) in [6, 6.07) is 5.30. The lowest BCUT2D eigenvalue weighted by molar-refractivity contribution is 0.0930. The summed E-state index contributed by atoms with van der Waals surface area (Å²) in [6.07, 6.45) is 4.40. The van der Waals surface area contributed by atoms with E-state index in [1.165, 1.54) is 0 Å². The van der Waals surface area contributed by atoms with Crippen molar-refractivity contribution in [3.63, 3.8) is 0 Å². The van der Waals surface area contributed by atoms with E-state index in [4.69, 9.17) is 19.2 Å². The van der Waals surface area contributed by atoms with Crippen LogP contribution < -0.4 is 19.7 Å². The van der Waals surface area contributed by atoms with E-state index in [-0.39, 0.29) is 11.9 Å². The number of aromatic nitrogens is 2. The predicted octanol–water partition coefficient (Wildman–Crippen LogP) is 1.97. The van der Waals surface area contributed by atoms with Crippen molar-refractivity contribution in [3.05, 3.63) is 41.2 Å². The highest BCUT2D eigenvalue weighted by Gasteiger charge is 2.24. The molecule has 8 nitrogen and oxygen atoms in total. The largest absolute Gasteiger partial charge is 0.497 e. The Hall–Kier alpha value is -2.87. The van der Waals surface area contributed by atoms with E-state index in [2.05, 4.69) is 15.2 Å². The third-order valence-electron chi connectivity index (χ3n) is 5.41. The van der Waals surface area contributed by atoms with Crippen molar-refractivity contribution >= 4 is 11.9 Å². The standard InChI is InChI=1S/C21H26N4O4/c1-27-17-9-14(10-18(11-17)28-2)20(26)23-16-3-6-25(7-4-16)21-22-12-15-13-29-8-5-19(15)24-21/h9-12,16H,3-8,13H2,1-2H3,(H,23,26). The second-order valence-corrected chi connectivity index (χ2v) is 7.28. The molecule has 2 aromatic rings. The van der Waals surface area contributed by atoms with Crippen molar-refractivity contribution in [2.24, 2.45) is 0 Å². The van der Waals surface area contributed by atoms with Gasteiger partial charge >= 0.3 is 0 Å². The van der Waals surface area contributed by atoms with Crippen LogP contribution in [0.1, 0.15) is 34.5 Å². The fourth-order valence-corrected chi connectivity index (χ4v) is 3.70. The molecule has 0 bridgehead atoms. The molecule has 8 heteroatoms. The number of carbonyl (C=O) groups is 1. The Labute approximate surface area is 170 Å². The van der Waals surface area contributed by atoms with Crippen molar-refractivity contribution in [2.75, 3.05) is 38.8 Å². The molecule has 0 saturated carbocycles. The minimum absolute atomic E-state index is 0.113. The summed E-state index contributed by atoms with van der Waals surface area (Å²) in [5.74, 6) is 1.84. The predicted molar refractivity (Wildman–Crippen MR) is 108 cm³/mol. The maximum absolute atomic E-state index is 12.7. The zero-order valence-electron chi connectivity index (χ0n) is 16.8. The fraction of sp³-hybridized carbons (Fsp3) is 0.476. The number of rotatable bonds is 5. The first-order chi connectivity index (χ1) is 14.2. The Balaban J connectivity index is 1.36. The molecule has 2 aliphatic heterocycles. The van der Waals surface area contributed by atoms with Gasteiger partial charge in [-0.05, 0) is 25.0 Å². The topological polar surface area (TPSA) is 85.8 Å². The number of carbonyl (C=O) groups excluding carboxylic acids is 1. The van der Waals surface area contributed by atoms with Gasteiger partial charge in [-0.1, -0.05) is 0 Å². The van der Waals surface area contributed by atoms with Gasteiger partial charge in [0, 0.05) is 48.9 Å². The average molecular weight is 398 g/mol. The number of piperidine rings is 1. The summed E-state index contributed by atoms with van der Waals surface area (Å²) in [5.41, 5.74) is 2.70. The average Bonchev–Trinajstić information content (AvgIpc) is 2.78. The second kappa shape index (κ2) is 8.65. The first-order valence-corrected chi connectivity index (χ1v) is 9.87. The van der Waals surface area contributed by atoms with E-state index in [0.29, 0.717) is 30.3 Å². The van der Waals surface area contributed by atoms with E-state index in [9.17, 15) is 4.79 Å². The summed E-state index contributed by atoms with van der Waals surface area (Å²) < 4.78 is 16.0. The molecule has 1 aromatic heterocycles. The van der Waals surface area contributed by atoms with Gasteiger partial charge in [0.25, 0.3) is 5.91 Å². The molecular weight excluding hydrogens is 372 g/mol. The summed E-state index contributed by atoms with van der Waals surface area (Å²) in [6.45, 7) is 2.93. The Bertz CT molecular complexity index is 859.